The van der Waals surface area contributed by atoms with Crippen molar-refractivity contribution >= 4 is 23.9 Å². The molecule has 6 heteroatoms. The molecule has 1 saturated carbocycles. The monoisotopic (exact) mass is 197 g/mol. The van der Waals surface area contributed by atoms with Gasteiger partial charge in [0.15, 0.2) is 0 Å². The van der Waals surface area contributed by atoms with Crippen LogP contribution in [0.15, 0.2) is 5.10 Å². The number of hydrogen-bond acceptors (Lipinski definition) is 4. The second kappa shape index (κ2) is 3.69. The molecule has 0 unspecified atom stereocenters. The quantitative estimate of drug-likeness (QED) is 0.500. The summed E-state index contributed by atoms with van der Waals surface area (Å²) in [5, 5.41) is 9.68. The molecule has 3 N–H and O–H groups in total. The van der Waals surface area contributed by atoms with Crippen LogP contribution in [-0.4, -0.2) is 20.9 Å². The van der Waals surface area contributed by atoms with Gasteiger partial charge in [-0.1, -0.05) is 0 Å². The minimum Gasteiger partial charge on any atom is -0.272 e. The maximum atomic E-state index is 4.80. The zero-order chi connectivity index (χ0) is 9.10. The highest BCUT2D eigenvalue weighted by atomic mass is 32.1. The second-order valence-corrected chi connectivity index (χ2v) is 3.40. The van der Waals surface area contributed by atoms with Gasteiger partial charge in [-0.25, -0.2) is 5.43 Å². The molecule has 0 aliphatic heterocycles. The van der Waals surface area contributed by atoms with Gasteiger partial charge < -0.3 is 0 Å². The Bertz CT molecular complexity index is 355. The molecule has 1 fully saturated rings. The van der Waals surface area contributed by atoms with E-state index in [1.54, 1.807) is 0 Å². The van der Waals surface area contributed by atoms with Crippen molar-refractivity contribution in [1.82, 2.24) is 15.2 Å². The van der Waals surface area contributed by atoms with E-state index in [2.05, 4.69) is 25.7 Å². The van der Waals surface area contributed by atoms with Crippen molar-refractivity contribution in [1.29, 1.82) is 0 Å². The van der Waals surface area contributed by atoms with Gasteiger partial charge in [0.05, 0.1) is 0 Å². The van der Waals surface area contributed by atoms with Gasteiger partial charge in [-0.3, -0.25) is 10.2 Å². The van der Waals surface area contributed by atoms with Crippen molar-refractivity contribution < 1.29 is 0 Å². The van der Waals surface area contributed by atoms with Crippen molar-refractivity contribution in [3.8, 4) is 0 Å². The first-order valence-corrected chi connectivity index (χ1v) is 4.71. The summed E-state index contributed by atoms with van der Waals surface area (Å²) in [6.07, 6.45) is 4.68. The molecule has 1 aromatic heterocycles. The second-order valence-electron chi connectivity index (χ2n) is 3.01. The molecule has 1 heterocycles. The largest absolute Gasteiger partial charge is 0.272 e. The lowest BCUT2D eigenvalue weighted by atomic mass is 10.3. The highest BCUT2D eigenvalue weighted by Gasteiger charge is 2.07. The van der Waals surface area contributed by atoms with Crippen LogP contribution < -0.4 is 5.43 Å². The van der Waals surface area contributed by atoms with Crippen molar-refractivity contribution in [3.05, 3.63) is 4.77 Å². The first-order chi connectivity index (χ1) is 6.34. The third-order valence-electron chi connectivity index (χ3n) is 2.00. The molecule has 0 bridgehead atoms. The molecular weight excluding hydrogens is 186 g/mol. The summed E-state index contributed by atoms with van der Waals surface area (Å²) in [6.45, 7) is 0. The lowest BCUT2D eigenvalue weighted by Crippen LogP contribution is -1.97. The maximum absolute atomic E-state index is 4.80. The summed E-state index contributed by atoms with van der Waals surface area (Å²) in [7, 11) is 0. The summed E-state index contributed by atoms with van der Waals surface area (Å²) in [4.78, 5) is 3.96. The van der Waals surface area contributed by atoms with E-state index >= 15 is 0 Å². The number of nitrogens with one attached hydrogen (secondary N) is 3. The first-order valence-electron chi connectivity index (χ1n) is 4.31. The van der Waals surface area contributed by atoms with Crippen LogP contribution in [-0.2, 0) is 0 Å². The number of anilines is 1. The fourth-order valence-electron chi connectivity index (χ4n) is 1.35. The molecule has 0 amide bonds. The molecule has 1 aliphatic carbocycles. The highest BCUT2D eigenvalue weighted by molar-refractivity contribution is 7.71. The number of hydrogen-bond donors (Lipinski definition) is 3. The van der Waals surface area contributed by atoms with E-state index in [1.165, 1.54) is 18.6 Å². The van der Waals surface area contributed by atoms with Gasteiger partial charge in [0.25, 0.3) is 0 Å². The number of hydrazone groups is 1. The Labute approximate surface area is 80.6 Å². The van der Waals surface area contributed by atoms with Crippen molar-refractivity contribution in [2.24, 2.45) is 5.10 Å². The van der Waals surface area contributed by atoms with E-state index in [9.17, 15) is 0 Å². The van der Waals surface area contributed by atoms with Crippen LogP contribution in [0.2, 0.25) is 0 Å². The average molecular weight is 197 g/mol. The molecule has 13 heavy (non-hydrogen) atoms. The Morgan fingerprint density at radius 1 is 1.31 bits per heavy atom. The SMILES string of the molecule is S=c1nc(NN=C2CCCC2)[nH][nH]1. The number of aromatic amines is 2. The highest BCUT2D eigenvalue weighted by Crippen LogP contribution is 2.14. The molecule has 0 spiro atoms. The third kappa shape index (κ3) is 2.15. The predicted octanol–water partition coefficient (Wildman–Crippen LogP) is 1.81. The number of rotatable bonds is 2. The number of nitrogens with zero attached hydrogens (tertiary/aromatic N) is 2. The third-order valence-corrected chi connectivity index (χ3v) is 2.20. The normalized spacial score (nSPS) is 16.2. The topological polar surface area (TPSA) is 68.9 Å². The van der Waals surface area contributed by atoms with Gasteiger partial charge >= 0.3 is 0 Å². The van der Waals surface area contributed by atoms with E-state index < -0.39 is 0 Å². The van der Waals surface area contributed by atoms with Gasteiger partial charge in [-0.05, 0) is 37.9 Å². The zero-order valence-corrected chi connectivity index (χ0v) is 7.95. The standard InChI is InChI=1S/C7H11N5S/c13-7-8-6(11-12-7)10-9-5-3-1-2-4-5/h1-4H2,(H3,8,10,11,12,13). The molecule has 0 atom stereocenters. The lowest BCUT2D eigenvalue weighted by Gasteiger charge is -1.95. The summed E-state index contributed by atoms with van der Waals surface area (Å²) in [5.41, 5.74) is 4.04. The summed E-state index contributed by atoms with van der Waals surface area (Å²) in [6, 6.07) is 0. The molecule has 0 saturated heterocycles. The van der Waals surface area contributed by atoms with Crippen LogP contribution in [0.5, 0.6) is 0 Å². The van der Waals surface area contributed by atoms with E-state index in [4.69, 9.17) is 12.2 Å². The number of aromatic nitrogens is 3. The van der Waals surface area contributed by atoms with Crippen LogP contribution in [0, 0.1) is 4.77 Å². The predicted molar refractivity (Wildman–Crippen MR) is 53.3 cm³/mol. The van der Waals surface area contributed by atoms with Gasteiger partial charge in [0.2, 0.25) is 10.7 Å². The molecule has 1 aromatic rings. The van der Waals surface area contributed by atoms with Crippen LogP contribution >= 0.6 is 12.2 Å². The lowest BCUT2D eigenvalue weighted by molar-refractivity contribution is 0.886. The van der Waals surface area contributed by atoms with Crippen LogP contribution in [0.4, 0.5) is 5.95 Å². The summed E-state index contributed by atoms with van der Waals surface area (Å²) in [5.74, 6) is 0.574. The van der Waals surface area contributed by atoms with Crippen LogP contribution in [0.3, 0.4) is 0 Å². The smallest absolute Gasteiger partial charge is 0.238 e. The molecule has 5 nitrogen and oxygen atoms in total. The van der Waals surface area contributed by atoms with E-state index in [-0.39, 0.29) is 0 Å². The average Bonchev–Trinajstić information content (AvgIpc) is 2.71. The Morgan fingerprint density at radius 2 is 2.08 bits per heavy atom. The van der Waals surface area contributed by atoms with Crippen molar-refractivity contribution in [2.45, 2.75) is 25.7 Å². The van der Waals surface area contributed by atoms with Gasteiger partial charge in [-0.2, -0.15) is 10.1 Å². The molecule has 2 rings (SSSR count). The van der Waals surface area contributed by atoms with Gasteiger partial charge in [0, 0.05) is 5.71 Å². The first kappa shape index (κ1) is 8.43. The van der Waals surface area contributed by atoms with E-state index in [1.807, 2.05) is 0 Å². The fraction of sp³-hybridized carbons (Fsp3) is 0.571. The summed E-state index contributed by atoms with van der Waals surface area (Å²) >= 11 is 4.80. The van der Waals surface area contributed by atoms with Crippen LogP contribution in [0.25, 0.3) is 0 Å². The van der Waals surface area contributed by atoms with Gasteiger partial charge in [-0.15, -0.1) is 0 Å². The Morgan fingerprint density at radius 3 is 2.69 bits per heavy atom. The zero-order valence-electron chi connectivity index (χ0n) is 7.13. The Kier molecular flexibility index (Phi) is 2.40. The van der Waals surface area contributed by atoms with Crippen molar-refractivity contribution in [2.75, 3.05) is 5.43 Å². The Hall–Kier alpha value is -1.17. The Balaban J connectivity index is 1.98. The fourth-order valence-corrected chi connectivity index (χ4v) is 1.49. The van der Waals surface area contributed by atoms with E-state index in [0.717, 1.165) is 12.8 Å². The minimum absolute atomic E-state index is 0.439. The molecule has 1 aliphatic rings. The number of H-pyrrole nitrogens is 2. The van der Waals surface area contributed by atoms with Gasteiger partial charge in [0.1, 0.15) is 0 Å². The molecule has 70 valence electrons. The van der Waals surface area contributed by atoms with Crippen molar-refractivity contribution in [3.63, 3.8) is 0 Å². The minimum atomic E-state index is 0.439. The maximum Gasteiger partial charge on any atom is 0.238 e. The van der Waals surface area contributed by atoms with E-state index in [0.29, 0.717) is 10.7 Å². The molecule has 0 aromatic carbocycles. The molecule has 0 radical (unpaired) electrons. The summed E-state index contributed by atoms with van der Waals surface area (Å²) < 4.78 is 0.439. The van der Waals surface area contributed by atoms with Crippen LogP contribution in [0.1, 0.15) is 25.7 Å². The molecular formula is C7H11N5S.